The molecule has 3 unspecified atom stereocenters. The zero-order valence-corrected chi connectivity index (χ0v) is 14.2. The van der Waals surface area contributed by atoms with Crippen molar-refractivity contribution < 1.29 is 20.4 Å². The minimum Gasteiger partial charge on any atom is -0.393 e. The lowest BCUT2D eigenvalue weighted by Gasteiger charge is -2.63. The Bertz CT molecular complexity index is 545. The summed E-state index contributed by atoms with van der Waals surface area (Å²) >= 11 is 0. The Morgan fingerprint density at radius 1 is 1.09 bits per heavy atom. The quantitative estimate of drug-likeness (QED) is 0.512. The molecule has 3 fully saturated rings. The van der Waals surface area contributed by atoms with Gasteiger partial charge in [-0.15, -0.1) is 0 Å². The van der Waals surface area contributed by atoms with E-state index in [2.05, 4.69) is 13.0 Å². The van der Waals surface area contributed by atoms with Crippen molar-refractivity contribution >= 4 is 0 Å². The maximum atomic E-state index is 11.7. The molecule has 0 aromatic heterocycles. The molecule has 23 heavy (non-hydrogen) atoms. The van der Waals surface area contributed by atoms with Crippen LogP contribution in [0.15, 0.2) is 11.6 Å². The summed E-state index contributed by atoms with van der Waals surface area (Å²) in [6, 6.07) is 0. The highest BCUT2D eigenvalue weighted by Crippen LogP contribution is 2.66. The standard InChI is InChI=1S/C19H30O4/c1-17-7-6-12(20)9-11(17)5-8-19(23)14-3-4-15(22)18(14,2)10-13(21)16(17)19/h5,12-16,20-23H,3-4,6-10H2,1-2H3/t12?,13?,14-,15?,16+,17+,18+,19-/m1/s1. The Morgan fingerprint density at radius 3 is 2.57 bits per heavy atom. The van der Waals surface area contributed by atoms with Crippen LogP contribution in [0.2, 0.25) is 0 Å². The molecule has 0 radical (unpaired) electrons. The number of rotatable bonds is 0. The molecule has 3 saturated carbocycles. The second-order valence-corrected chi connectivity index (χ2v) is 9.14. The number of hydrogen-bond acceptors (Lipinski definition) is 4. The van der Waals surface area contributed by atoms with Crippen molar-refractivity contribution in [3.05, 3.63) is 11.6 Å². The first-order valence-corrected chi connectivity index (χ1v) is 9.18. The summed E-state index contributed by atoms with van der Waals surface area (Å²) in [4.78, 5) is 0. The molecule has 4 heteroatoms. The van der Waals surface area contributed by atoms with Crippen LogP contribution in [0.4, 0.5) is 0 Å². The average Bonchev–Trinajstić information content (AvgIpc) is 2.76. The highest BCUT2D eigenvalue weighted by atomic mass is 16.3. The highest BCUT2D eigenvalue weighted by Gasteiger charge is 2.67. The third-order valence-corrected chi connectivity index (χ3v) is 8.01. The number of aliphatic hydroxyl groups is 4. The van der Waals surface area contributed by atoms with Crippen molar-refractivity contribution in [1.82, 2.24) is 0 Å². The van der Waals surface area contributed by atoms with Gasteiger partial charge in [0.1, 0.15) is 0 Å². The Balaban J connectivity index is 1.80. The largest absolute Gasteiger partial charge is 0.393 e. The van der Waals surface area contributed by atoms with E-state index >= 15 is 0 Å². The molecule has 4 aliphatic carbocycles. The maximum Gasteiger partial charge on any atom is 0.0777 e. The SMILES string of the molecule is C[C@]12CCC(O)CC1=CC[C@]1(O)[C@H]2C(O)C[C@]2(C)C(O)CC[C@@H]12. The molecule has 8 atom stereocenters. The fraction of sp³-hybridized carbons (Fsp3) is 0.895. The van der Waals surface area contributed by atoms with Gasteiger partial charge in [-0.05, 0) is 56.3 Å². The lowest BCUT2D eigenvalue weighted by atomic mass is 9.45. The molecular weight excluding hydrogens is 292 g/mol. The van der Waals surface area contributed by atoms with Crippen molar-refractivity contribution in [2.75, 3.05) is 0 Å². The Labute approximate surface area is 138 Å². The van der Waals surface area contributed by atoms with Gasteiger partial charge in [-0.3, -0.25) is 0 Å². The molecule has 4 aliphatic rings. The fourth-order valence-corrected chi connectivity index (χ4v) is 6.85. The van der Waals surface area contributed by atoms with E-state index in [9.17, 15) is 20.4 Å². The van der Waals surface area contributed by atoms with Crippen LogP contribution >= 0.6 is 0 Å². The van der Waals surface area contributed by atoms with Crippen LogP contribution in [0.25, 0.3) is 0 Å². The fourth-order valence-electron chi connectivity index (χ4n) is 6.85. The van der Waals surface area contributed by atoms with Gasteiger partial charge in [0.25, 0.3) is 0 Å². The summed E-state index contributed by atoms with van der Waals surface area (Å²) in [7, 11) is 0. The smallest absolute Gasteiger partial charge is 0.0777 e. The van der Waals surface area contributed by atoms with Gasteiger partial charge in [-0.25, -0.2) is 0 Å². The molecule has 0 aromatic rings. The van der Waals surface area contributed by atoms with Crippen LogP contribution < -0.4 is 0 Å². The van der Waals surface area contributed by atoms with Crippen LogP contribution in [0.3, 0.4) is 0 Å². The summed E-state index contributed by atoms with van der Waals surface area (Å²) < 4.78 is 0. The molecule has 0 bridgehead atoms. The molecule has 0 heterocycles. The summed E-state index contributed by atoms with van der Waals surface area (Å²) in [5.74, 6) is -0.147. The van der Waals surface area contributed by atoms with Gasteiger partial charge in [0.2, 0.25) is 0 Å². The van der Waals surface area contributed by atoms with Crippen LogP contribution in [-0.4, -0.2) is 44.3 Å². The summed E-state index contributed by atoms with van der Waals surface area (Å²) in [6.45, 7) is 4.20. The summed E-state index contributed by atoms with van der Waals surface area (Å²) in [5.41, 5.74) is -0.349. The third-order valence-electron chi connectivity index (χ3n) is 8.01. The van der Waals surface area contributed by atoms with Crippen molar-refractivity contribution in [2.24, 2.45) is 22.7 Å². The molecule has 130 valence electrons. The molecule has 4 N–H and O–H groups in total. The van der Waals surface area contributed by atoms with E-state index in [0.717, 1.165) is 25.7 Å². The minimum absolute atomic E-state index is 0.0416. The molecule has 0 saturated heterocycles. The van der Waals surface area contributed by atoms with Crippen LogP contribution in [0.5, 0.6) is 0 Å². The lowest BCUT2D eigenvalue weighted by molar-refractivity contribution is -0.225. The number of fused-ring (bicyclic) bond motifs is 5. The molecule has 0 spiro atoms. The zero-order valence-electron chi connectivity index (χ0n) is 14.2. The van der Waals surface area contributed by atoms with E-state index in [1.165, 1.54) is 5.57 Å². The molecule has 0 amide bonds. The molecule has 0 aliphatic heterocycles. The van der Waals surface area contributed by atoms with Gasteiger partial charge in [0, 0.05) is 11.3 Å². The number of aliphatic hydroxyl groups excluding tert-OH is 3. The monoisotopic (exact) mass is 322 g/mol. The van der Waals surface area contributed by atoms with Gasteiger partial charge in [-0.1, -0.05) is 25.5 Å². The predicted octanol–water partition coefficient (Wildman–Crippen LogP) is 1.76. The van der Waals surface area contributed by atoms with Gasteiger partial charge in [0.15, 0.2) is 0 Å². The second kappa shape index (κ2) is 4.81. The summed E-state index contributed by atoms with van der Waals surface area (Å²) in [5, 5.41) is 43.2. The van der Waals surface area contributed by atoms with Crippen molar-refractivity contribution in [3.63, 3.8) is 0 Å². The van der Waals surface area contributed by atoms with Crippen LogP contribution in [0.1, 0.15) is 58.8 Å². The maximum absolute atomic E-state index is 11.7. The Hall–Kier alpha value is -0.420. The van der Waals surface area contributed by atoms with E-state index in [4.69, 9.17) is 0 Å². The van der Waals surface area contributed by atoms with Crippen LogP contribution in [0, 0.1) is 22.7 Å². The van der Waals surface area contributed by atoms with Crippen LogP contribution in [-0.2, 0) is 0 Å². The normalized spacial score (nSPS) is 58.9. The van der Waals surface area contributed by atoms with E-state index in [0.29, 0.717) is 19.3 Å². The molecule has 4 rings (SSSR count). The van der Waals surface area contributed by atoms with E-state index in [1.807, 2.05) is 6.92 Å². The van der Waals surface area contributed by atoms with Gasteiger partial charge < -0.3 is 20.4 Å². The van der Waals surface area contributed by atoms with E-state index in [-0.39, 0.29) is 28.8 Å². The van der Waals surface area contributed by atoms with Gasteiger partial charge in [-0.2, -0.15) is 0 Å². The highest BCUT2D eigenvalue weighted by molar-refractivity contribution is 5.30. The first-order valence-electron chi connectivity index (χ1n) is 9.18. The minimum atomic E-state index is -0.940. The van der Waals surface area contributed by atoms with Crippen molar-refractivity contribution in [3.8, 4) is 0 Å². The lowest BCUT2D eigenvalue weighted by Crippen LogP contribution is -2.66. The van der Waals surface area contributed by atoms with Crippen molar-refractivity contribution in [2.45, 2.75) is 82.7 Å². The van der Waals surface area contributed by atoms with E-state index < -0.39 is 17.8 Å². The first-order chi connectivity index (χ1) is 10.7. The topological polar surface area (TPSA) is 80.9 Å². The Morgan fingerprint density at radius 2 is 1.83 bits per heavy atom. The predicted molar refractivity (Wildman–Crippen MR) is 86.6 cm³/mol. The molecule has 4 nitrogen and oxygen atoms in total. The first kappa shape index (κ1) is 16.1. The zero-order chi connectivity index (χ0) is 16.6. The van der Waals surface area contributed by atoms with Gasteiger partial charge >= 0.3 is 0 Å². The average molecular weight is 322 g/mol. The van der Waals surface area contributed by atoms with E-state index in [1.54, 1.807) is 0 Å². The second-order valence-electron chi connectivity index (χ2n) is 9.14. The van der Waals surface area contributed by atoms with Gasteiger partial charge in [0.05, 0.1) is 23.9 Å². The Kier molecular flexibility index (Phi) is 3.36. The number of hydrogen-bond donors (Lipinski definition) is 4. The molecular formula is C19H30O4. The molecule has 0 aromatic carbocycles. The van der Waals surface area contributed by atoms with Crippen molar-refractivity contribution in [1.29, 1.82) is 0 Å². The third kappa shape index (κ3) is 1.92. The summed E-state index contributed by atoms with van der Waals surface area (Å²) in [6.07, 6.45) is 5.68.